The van der Waals surface area contributed by atoms with E-state index in [-0.39, 0.29) is 17.9 Å². The molecule has 0 radical (unpaired) electrons. The molecule has 0 saturated heterocycles. The summed E-state index contributed by atoms with van der Waals surface area (Å²) in [5.41, 5.74) is 6.96. The summed E-state index contributed by atoms with van der Waals surface area (Å²) < 4.78 is 0. The van der Waals surface area contributed by atoms with Gasteiger partial charge >= 0.3 is 6.03 Å². The van der Waals surface area contributed by atoms with Gasteiger partial charge in [0.2, 0.25) is 0 Å². The van der Waals surface area contributed by atoms with Gasteiger partial charge in [0, 0.05) is 11.4 Å². The zero-order valence-corrected chi connectivity index (χ0v) is 24.5. The highest BCUT2D eigenvalue weighted by molar-refractivity contribution is 6.02. The first-order chi connectivity index (χ1) is 18.8. The minimum Gasteiger partial charge on any atom is -0.307 e. The molecule has 3 rings (SSSR count). The predicted molar refractivity (Wildman–Crippen MR) is 166 cm³/mol. The Bertz CT molecular complexity index is 1190. The molecule has 3 aromatic carbocycles. The van der Waals surface area contributed by atoms with Crippen molar-refractivity contribution in [2.45, 2.75) is 97.9 Å². The molecule has 4 heteroatoms. The number of carbonyl (C=O) groups is 1. The van der Waals surface area contributed by atoms with Crippen LogP contribution in [0, 0.1) is 6.57 Å². The number of nitrogens with zero attached hydrogens (tertiary/aromatic N) is 2. The predicted octanol–water partition coefficient (Wildman–Crippen LogP) is 10.6. The first-order valence-electron chi connectivity index (χ1n) is 14.6. The molecular formula is C35H45N3O. The molecule has 1 N–H and O–H groups in total. The van der Waals surface area contributed by atoms with Crippen LogP contribution in [0.4, 0.5) is 21.9 Å². The quantitative estimate of drug-likeness (QED) is 0.175. The van der Waals surface area contributed by atoms with Crippen molar-refractivity contribution in [2.24, 2.45) is 0 Å². The zero-order valence-electron chi connectivity index (χ0n) is 24.5. The molecule has 0 unspecified atom stereocenters. The van der Waals surface area contributed by atoms with Crippen LogP contribution in [-0.2, 0) is 13.0 Å². The van der Waals surface area contributed by atoms with Gasteiger partial charge in [0.1, 0.15) is 0 Å². The van der Waals surface area contributed by atoms with Gasteiger partial charge in [-0.2, -0.15) is 0 Å². The second-order valence-electron chi connectivity index (χ2n) is 11.1. The molecule has 0 aromatic heterocycles. The molecule has 0 aliphatic rings. The minimum absolute atomic E-state index is 0.150. The van der Waals surface area contributed by atoms with E-state index < -0.39 is 0 Å². The van der Waals surface area contributed by atoms with Crippen molar-refractivity contribution in [1.29, 1.82) is 0 Å². The lowest BCUT2D eigenvalue weighted by molar-refractivity contribution is 0.256. The van der Waals surface area contributed by atoms with E-state index in [0.29, 0.717) is 12.2 Å². The van der Waals surface area contributed by atoms with E-state index in [9.17, 15) is 4.79 Å². The molecule has 0 fully saturated rings. The number of aryl methyl sites for hydroxylation is 1. The fraction of sp³-hybridized carbons (Fsp3) is 0.429. The van der Waals surface area contributed by atoms with Crippen LogP contribution in [-0.4, -0.2) is 6.03 Å². The number of unbranched alkanes of at least 4 members (excludes halogenated alkanes) is 5. The minimum atomic E-state index is -0.150. The van der Waals surface area contributed by atoms with Gasteiger partial charge in [0.25, 0.3) is 0 Å². The third-order valence-electron chi connectivity index (χ3n) is 7.32. The second kappa shape index (κ2) is 15.1. The van der Waals surface area contributed by atoms with Gasteiger partial charge in [0.15, 0.2) is 5.69 Å². The average Bonchev–Trinajstić information content (AvgIpc) is 2.94. The summed E-state index contributed by atoms with van der Waals surface area (Å²) in [4.78, 5) is 19.3. The Hall–Kier alpha value is -3.58. The maximum absolute atomic E-state index is 13.9. The van der Waals surface area contributed by atoms with Crippen molar-refractivity contribution >= 4 is 23.1 Å². The van der Waals surface area contributed by atoms with Crippen LogP contribution in [0.5, 0.6) is 0 Å². The van der Waals surface area contributed by atoms with Crippen LogP contribution in [0.3, 0.4) is 0 Å². The van der Waals surface area contributed by atoms with Gasteiger partial charge in [-0.15, -0.1) is 0 Å². The van der Waals surface area contributed by atoms with Crippen molar-refractivity contribution < 1.29 is 4.79 Å². The number of para-hydroxylation sites is 1. The molecule has 206 valence electrons. The third-order valence-corrected chi connectivity index (χ3v) is 7.32. The summed E-state index contributed by atoms with van der Waals surface area (Å²) in [6, 6.07) is 22.1. The Balaban J connectivity index is 1.85. The van der Waals surface area contributed by atoms with Gasteiger partial charge in [-0.25, -0.2) is 9.64 Å². The smallest absolute Gasteiger partial charge is 0.307 e. The molecule has 0 aliphatic carbocycles. The number of urea groups is 1. The van der Waals surface area contributed by atoms with E-state index in [2.05, 4.69) is 87.2 Å². The largest absolute Gasteiger partial charge is 0.326 e. The number of hydrogen-bond acceptors (Lipinski definition) is 1. The van der Waals surface area contributed by atoms with Crippen LogP contribution >= 0.6 is 0 Å². The summed E-state index contributed by atoms with van der Waals surface area (Å²) in [5, 5.41) is 3.29. The fourth-order valence-corrected chi connectivity index (χ4v) is 4.96. The van der Waals surface area contributed by atoms with E-state index in [0.717, 1.165) is 34.5 Å². The van der Waals surface area contributed by atoms with E-state index >= 15 is 0 Å². The van der Waals surface area contributed by atoms with Crippen LogP contribution in [0.15, 0.2) is 66.7 Å². The lowest BCUT2D eigenvalue weighted by Gasteiger charge is -2.27. The van der Waals surface area contributed by atoms with Crippen molar-refractivity contribution in [1.82, 2.24) is 0 Å². The van der Waals surface area contributed by atoms with Gasteiger partial charge in [-0.05, 0) is 59.1 Å². The Morgan fingerprint density at radius 1 is 0.795 bits per heavy atom. The second-order valence-corrected chi connectivity index (χ2v) is 11.1. The molecular weight excluding hydrogens is 478 g/mol. The Kier molecular flexibility index (Phi) is 11.6. The number of anilines is 2. The summed E-state index contributed by atoms with van der Waals surface area (Å²) in [5.74, 6) is 0.574. The van der Waals surface area contributed by atoms with Gasteiger partial charge in [-0.1, -0.05) is 121 Å². The summed E-state index contributed by atoms with van der Waals surface area (Å²) >= 11 is 0. The number of benzene rings is 3. The molecule has 0 spiro atoms. The lowest BCUT2D eigenvalue weighted by atomic mass is 9.93. The first-order valence-corrected chi connectivity index (χ1v) is 14.6. The average molecular weight is 524 g/mol. The summed E-state index contributed by atoms with van der Waals surface area (Å²) in [6.07, 6.45) is 8.77. The zero-order chi connectivity index (χ0) is 28.2. The number of hydrogen-bond donors (Lipinski definition) is 1. The molecule has 0 heterocycles. The van der Waals surface area contributed by atoms with E-state index in [1.54, 1.807) is 0 Å². The van der Waals surface area contributed by atoms with Gasteiger partial charge in [0.05, 0.1) is 13.1 Å². The maximum atomic E-state index is 13.9. The summed E-state index contributed by atoms with van der Waals surface area (Å²) in [7, 11) is 0. The molecule has 39 heavy (non-hydrogen) atoms. The topological polar surface area (TPSA) is 36.7 Å². The van der Waals surface area contributed by atoms with Crippen molar-refractivity contribution in [3.63, 3.8) is 0 Å². The molecule has 0 saturated carbocycles. The highest BCUT2D eigenvalue weighted by Crippen LogP contribution is 2.33. The van der Waals surface area contributed by atoms with Gasteiger partial charge in [-0.3, -0.25) is 4.90 Å². The first kappa shape index (κ1) is 30.0. The molecule has 0 atom stereocenters. The van der Waals surface area contributed by atoms with E-state index in [1.165, 1.54) is 44.1 Å². The van der Waals surface area contributed by atoms with E-state index in [4.69, 9.17) is 6.57 Å². The maximum Gasteiger partial charge on any atom is 0.326 e. The fourth-order valence-electron chi connectivity index (χ4n) is 4.96. The third kappa shape index (κ3) is 8.72. The Labute approximate surface area is 236 Å². The SMILES string of the molecule is [C-]#[N+]c1ccc(CN(C(=O)Nc2c(C(C)C)cccc2C(C)C)c2ccc(CCCCCCCC)cc2)cc1. The van der Waals surface area contributed by atoms with Crippen molar-refractivity contribution in [3.8, 4) is 0 Å². The normalized spacial score (nSPS) is 11.0. The molecule has 0 aliphatic heterocycles. The monoisotopic (exact) mass is 523 g/mol. The van der Waals surface area contributed by atoms with Crippen molar-refractivity contribution in [2.75, 3.05) is 10.2 Å². The molecule has 4 nitrogen and oxygen atoms in total. The molecule has 2 amide bonds. The number of amides is 2. The Morgan fingerprint density at radius 3 is 1.92 bits per heavy atom. The molecule has 0 bridgehead atoms. The number of rotatable bonds is 13. The highest BCUT2D eigenvalue weighted by atomic mass is 16.2. The van der Waals surface area contributed by atoms with Gasteiger partial charge < -0.3 is 5.32 Å². The number of carbonyl (C=O) groups excluding carboxylic acids is 1. The van der Waals surface area contributed by atoms with Crippen LogP contribution in [0.1, 0.15) is 107 Å². The lowest BCUT2D eigenvalue weighted by Crippen LogP contribution is -2.35. The Morgan fingerprint density at radius 2 is 1.36 bits per heavy atom. The highest BCUT2D eigenvalue weighted by Gasteiger charge is 2.21. The van der Waals surface area contributed by atoms with Crippen LogP contribution in [0.25, 0.3) is 4.85 Å². The van der Waals surface area contributed by atoms with Crippen molar-refractivity contribution in [3.05, 3.63) is 100 Å². The standard InChI is InChI=1S/C35H45N3O/c1-7-8-9-10-11-12-14-28-19-23-31(24-20-28)38(25-29-17-21-30(36-6)22-18-29)35(39)37-34-32(26(2)3)15-13-16-33(34)27(4)5/h13,15-24,26-27H,7-12,14,25H2,1-5H3,(H,37,39). The van der Waals surface area contributed by atoms with E-state index in [1.807, 2.05) is 29.2 Å². The number of nitrogens with one attached hydrogen (secondary N) is 1. The summed E-state index contributed by atoms with van der Waals surface area (Å²) in [6.45, 7) is 18.6. The molecule has 3 aromatic rings. The van der Waals surface area contributed by atoms with Crippen LogP contribution in [0.2, 0.25) is 0 Å². The van der Waals surface area contributed by atoms with Crippen LogP contribution < -0.4 is 10.2 Å².